The predicted molar refractivity (Wildman–Crippen MR) is 125 cm³/mol. The summed E-state index contributed by atoms with van der Waals surface area (Å²) in [6, 6.07) is 13.1. The summed E-state index contributed by atoms with van der Waals surface area (Å²) in [4.78, 5) is 22.5. The quantitative estimate of drug-likeness (QED) is 0.484. The van der Waals surface area contributed by atoms with E-state index in [-0.39, 0.29) is 35.7 Å². The van der Waals surface area contributed by atoms with Crippen LogP contribution in [0.2, 0.25) is 0 Å². The molecule has 9 heteroatoms. The number of amides is 1. The molecule has 1 atom stereocenters. The number of sulfone groups is 1. The fraction of sp³-hybridized carbons (Fsp3) is 0.292. The van der Waals surface area contributed by atoms with Crippen LogP contribution in [0, 0.1) is 13.8 Å². The van der Waals surface area contributed by atoms with Crippen LogP contribution in [0.1, 0.15) is 40.1 Å². The largest absolute Gasteiger partial charge is 0.467 e. The highest BCUT2D eigenvalue weighted by Gasteiger charge is 2.32. The van der Waals surface area contributed by atoms with E-state index in [9.17, 15) is 13.2 Å². The summed E-state index contributed by atoms with van der Waals surface area (Å²) in [7, 11) is -3.09. The molecule has 0 bridgehead atoms. The first-order valence-electron chi connectivity index (χ1n) is 10.8. The highest BCUT2D eigenvalue weighted by atomic mass is 32.2. The molecule has 0 radical (unpaired) electrons. The summed E-state index contributed by atoms with van der Waals surface area (Å²) >= 11 is 0. The molecule has 1 fully saturated rings. The van der Waals surface area contributed by atoms with Gasteiger partial charge in [0.15, 0.2) is 15.5 Å². The SMILES string of the molecule is Cc1ccc(-c2cc3c(nc(C)n3C3CCS(=O)(=O)C3)c(C(=O)NCc3ccco3)n2)cc1. The normalized spacial score (nSPS) is 17.5. The van der Waals surface area contributed by atoms with Gasteiger partial charge in [-0.15, -0.1) is 0 Å². The van der Waals surface area contributed by atoms with Crippen molar-refractivity contribution in [2.45, 2.75) is 32.9 Å². The molecule has 0 saturated carbocycles. The number of pyridine rings is 1. The van der Waals surface area contributed by atoms with E-state index in [1.807, 2.05) is 48.7 Å². The van der Waals surface area contributed by atoms with Crippen LogP contribution in [-0.4, -0.2) is 40.4 Å². The van der Waals surface area contributed by atoms with Crippen molar-refractivity contribution in [2.24, 2.45) is 0 Å². The lowest BCUT2D eigenvalue weighted by Gasteiger charge is -2.15. The van der Waals surface area contributed by atoms with Crippen LogP contribution in [0.15, 0.2) is 53.1 Å². The van der Waals surface area contributed by atoms with E-state index in [4.69, 9.17) is 4.42 Å². The number of furan rings is 1. The summed E-state index contributed by atoms with van der Waals surface area (Å²) in [5.74, 6) is 1.15. The van der Waals surface area contributed by atoms with Crippen molar-refractivity contribution < 1.29 is 17.6 Å². The van der Waals surface area contributed by atoms with Gasteiger partial charge in [-0.1, -0.05) is 29.8 Å². The van der Waals surface area contributed by atoms with Gasteiger partial charge in [0.2, 0.25) is 0 Å². The summed E-state index contributed by atoms with van der Waals surface area (Å²) in [5, 5.41) is 2.85. The smallest absolute Gasteiger partial charge is 0.272 e. The van der Waals surface area contributed by atoms with Crippen LogP contribution in [0.25, 0.3) is 22.3 Å². The summed E-state index contributed by atoms with van der Waals surface area (Å²) in [6.45, 7) is 4.07. The van der Waals surface area contributed by atoms with Gasteiger partial charge in [0, 0.05) is 5.56 Å². The standard InChI is InChI=1S/C24H24N4O4S/c1-15-5-7-17(8-6-15)20-12-21-22(23(27-20)24(29)25-13-19-4-3-10-32-19)26-16(2)28(21)18-9-11-33(30,31)14-18/h3-8,10,12,18H,9,11,13-14H2,1-2H3,(H,25,29). The van der Waals surface area contributed by atoms with Crippen molar-refractivity contribution in [1.29, 1.82) is 0 Å². The van der Waals surface area contributed by atoms with Gasteiger partial charge in [-0.25, -0.2) is 18.4 Å². The van der Waals surface area contributed by atoms with Crippen LogP contribution in [0.4, 0.5) is 0 Å². The number of nitrogens with zero attached hydrogens (tertiary/aromatic N) is 3. The Hall–Kier alpha value is -3.46. The predicted octanol–water partition coefficient (Wildman–Crippen LogP) is 3.60. The van der Waals surface area contributed by atoms with Crippen molar-refractivity contribution >= 4 is 26.8 Å². The number of benzene rings is 1. The summed E-state index contributed by atoms with van der Waals surface area (Å²) in [6.07, 6.45) is 2.08. The molecule has 0 spiro atoms. The van der Waals surface area contributed by atoms with E-state index < -0.39 is 9.84 Å². The van der Waals surface area contributed by atoms with E-state index >= 15 is 0 Å². The Labute approximate surface area is 191 Å². The van der Waals surface area contributed by atoms with Crippen LogP contribution in [0.5, 0.6) is 0 Å². The first-order valence-corrected chi connectivity index (χ1v) is 12.6. The Morgan fingerprint density at radius 2 is 1.97 bits per heavy atom. The van der Waals surface area contributed by atoms with E-state index in [0.29, 0.717) is 34.7 Å². The fourth-order valence-electron chi connectivity index (χ4n) is 4.34. The zero-order valence-electron chi connectivity index (χ0n) is 18.4. The first-order chi connectivity index (χ1) is 15.8. The Morgan fingerprint density at radius 3 is 2.64 bits per heavy atom. The average molecular weight is 465 g/mol. The molecule has 5 rings (SSSR count). The molecule has 1 N–H and O–H groups in total. The fourth-order valence-corrected chi connectivity index (χ4v) is 6.04. The number of aromatic nitrogens is 3. The van der Waals surface area contributed by atoms with Crippen LogP contribution in [0.3, 0.4) is 0 Å². The lowest BCUT2D eigenvalue weighted by atomic mass is 10.1. The number of imidazole rings is 1. The van der Waals surface area contributed by atoms with Crippen molar-refractivity contribution in [1.82, 2.24) is 19.9 Å². The van der Waals surface area contributed by atoms with Crippen molar-refractivity contribution in [3.63, 3.8) is 0 Å². The minimum absolute atomic E-state index is 0.0709. The molecule has 170 valence electrons. The maximum atomic E-state index is 13.2. The van der Waals surface area contributed by atoms with Crippen LogP contribution >= 0.6 is 0 Å². The molecule has 1 unspecified atom stereocenters. The number of fused-ring (bicyclic) bond motifs is 1. The molecule has 0 aliphatic carbocycles. The van der Waals surface area contributed by atoms with Crippen LogP contribution in [-0.2, 0) is 16.4 Å². The Kier molecular flexibility index (Phi) is 5.28. The van der Waals surface area contributed by atoms with Gasteiger partial charge in [0.1, 0.15) is 17.1 Å². The number of carbonyl (C=O) groups is 1. The molecule has 1 saturated heterocycles. The van der Waals surface area contributed by atoms with Gasteiger partial charge in [-0.3, -0.25) is 4.79 Å². The first kappa shape index (κ1) is 21.4. The average Bonchev–Trinajstić information content (AvgIpc) is 3.50. The topological polar surface area (TPSA) is 107 Å². The molecule has 1 aliphatic rings. The zero-order valence-corrected chi connectivity index (χ0v) is 19.2. The molecule has 1 aliphatic heterocycles. The monoisotopic (exact) mass is 464 g/mol. The summed E-state index contributed by atoms with van der Waals surface area (Å²) < 4.78 is 31.6. The lowest BCUT2D eigenvalue weighted by Crippen LogP contribution is -2.24. The third-order valence-corrected chi connectivity index (χ3v) is 7.74. The van der Waals surface area contributed by atoms with Gasteiger partial charge < -0.3 is 14.3 Å². The molecule has 4 aromatic rings. The van der Waals surface area contributed by atoms with Gasteiger partial charge in [0.25, 0.3) is 5.91 Å². The van der Waals surface area contributed by atoms with Gasteiger partial charge in [-0.2, -0.15) is 0 Å². The Morgan fingerprint density at radius 1 is 1.18 bits per heavy atom. The number of hydrogen-bond acceptors (Lipinski definition) is 6. The molecule has 4 heterocycles. The molecular weight excluding hydrogens is 440 g/mol. The third kappa shape index (κ3) is 4.16. The molecule has 1 aromatic carbocycles. The van der Waals surface area contributed by atoms with E-state index in [1.165, 1.54) is 0 Å². The second-order valence-corrected chi connectivity index (χ2v) is 10.7. The summed E-state index contributed by atoms with van der Waals surface area (Å²) in [5.41, 5.74) is 4.00. The number of carbonyl (C=O) groups excluding carboxylic acids is 1. The van der Waals surface area contributed by atoms with Crippen molar-refractivity contribution in [2.75, 3.05) is 11.5 Å². The molecule has 33 heavy (non-hydrogen) atoms. The number of hydrogen-bond donors (Lipinski definition) is 1. The number of nitrogens with one attached hydrogen (secondary N) is 1. The van der Waals surface area contributed by atoms with Crippen molar-refractivity contribution in [3.05, 3.63) is 71.6 Å². The minimum atomic E-state index is -3.09. The highest BCUT2D eigenvalue weighted by Crippen LogP contribution is 2.32. The zero-order chi connectivity index (χ0) is 23.2. The number of aryl methyl sites for hydroxylation is 2. The third-order valence-electron chi connectivity index (χ3n) is 5.99. The lowest BCUT2D eigenvalue weighted by molar-refractivity contribution is 0.0945. The van der Waals surface area contributed by atoms with E-state index in [0.717, 1.165) is 11.1 Å². The highest BCUT2D eigenvalue weighted by molar-refractivity contribution is 7.91. The maximum absolute atomic E-state index is 13.2. The van der Waals surface area contributed by atoms with E-state index in [2.05, 4.69) is 15.3 Å². The maximum Gasteiger partial charge on any atom is 0.272 e. The molecular formula is C24H24N4O4S. The van der Waals surface area contributed by atoms with Crippen LogP contribution < -0.4 is 5.32 Å². The van der Waals surface area contributed by atoms with Crippen molar-refractivity contribution in [3.8, 4) is 11.3 Å². The molecule has 8 nitrogen and oxygen atoms in total. The molecule has 3 aromatic heterocycles. The second-order valence-electron chi connectivity index (χ2n) is 8.44. The Balaban J connectivity index is 1.63. The minimum Gasteiger partial charge on any atom is -0.467 e. The van der Waals surface area contributed by atoms with E-state index in [1.54, 1.807) is 18.4 Å². The van der Waals surface area contributed by atoms with Gasteiger partial charge in [0.05, 0.1) is 41.6 Å². The molecule has 1 amide bonds. The van der Waals surface area contributed by atoms with Gasteiger partial charge >= 0.3 is 0 Å². The number of rotatable bonds is 5. The second kappa shape index (κ2) is 8.15. The Bertz CT molecular complexity index is 1440. The van der Waals surface area contributed by atoms with Gasteiger partial charge in [-0.05, 0) is 38.5 Å².